The van der Waals surface area contributed by atoms with Crippen LogP contribution in [0.5, 0.6) is 0 Å². The van der Waals surface area contributed by atoms with Crippen LogP contribution in [0.1, 0.15) is 19.4 Å². The minimum Gasteiger partial charge on any atom is -0.372 e. The highest BCUT2D eigenvalue weighted by Gasteiger charge is 2.22. The normalized spacial score (nSPS) is 13.3. The second-order valence-electron chi connectivity index (χ2n) is 5.87. The molecule has 0 fully saturated rings. The number of amides is 1. The van der Waals surface area contributed by atoms with Gasteiger partial charge in [-0.1, -0.05) is 0 Å². The van der Waals surface area contributed by atoms with Crippen molar-refractivity contribution < 1.29 is 13.2 Å². The lowest BCUT2D eigenvalue weighted by atomic mass is 10.2. The van der Waals surface area contributed by atoms with E-state index < -0.39 is 10.0 Å². The zero-order valence-electron chi connectivity index (χ0n) is 14.2. The highest BCUT2D eigenvalue weighted by Crippen LogP contribution is 2.27. The van der Waals surface area contributed by atoms with Crippen LogP contribution in [0.2, 0.25) is 0 Å². The molecule has 0 aliphatic carbocycles. The molecule has 2 N–H and O–H groups in total. The number of carbonyl (C=O) groups excluding carboxylic acids is 1. The first kappa shape index (κ1) is 17.3. The van der Waals surface area contributed by atoms with Gasteiger partial charge >= 0.3 is 0 Å². The maximum Gasteiger partial charge on any atom is 0.261 e. The van der Waals surface area contributed by atoms with Gasteiger partial charge in [-0.05, 0) is 61.9 Å². The molecule has 25 heavy (non-hydrogen) atoms. The predicted octanol–water partition coefficient (Wildman–Crippen LogP) is 2.83. The molecule has 6 nitrogen and oxygen atoms in total. The minimum atomic E-state index is -3.70. The summed E-state index contributed by atoms with van der Waals surface area (Å²) in [6.07, 6.45) is 0.206. The number of benzene rings is 2. The molecule has 0 atom stereocenters. The van der Waals surface area contributed by atoms with E-state index in [1.165, 1.54) is 6.07 Å². The molecule has 3 rings (SSSR count). The van der Waals surface area contributed by atoms with Gasteiger partial charge in [-0.15, -0.1) is 0 Å². The second kappa shape index (κ2) is 6.76. The van der Waals surface area contributed by atoms with Crippen molar-refractivity contribution in [1.29, 1.82) is 0 Å². The summed E-state index contributed by atoms with van der Waals surface area (Å²) >= 11 is 0. The maximum atomic E-state index is 12.6. The first-order chi connectivity index (χ1) is 11.9. The summed E-state index contributed by atoms with van der Waals surface area (Å²) in [7, 11) is -3.70. The van der Waals surface area contributed by atoms with E-state index in [2.05, 4.69) is 28.8 Å². The van der Waals surface area contributed by atoms with Crippen LogP contribution in [0.15, 0.2) is 47.4 Å². The third-order valence-corrected chi connectivity index (χ3v) is 5.64. The first-order valence-electron chi connectivity index (χ1n) is 8.23. The monoisotopic (exact) mass is 359 g/mol. The van der Waals surface area contributed by atoms with Crippen LogP contribution >= 0.6 is 0 Å². The molecule has 132 valence electrons. The molecule has 2 aromatic rings. The fraction of sp³-hybridized carbons (Fsp3) is 0.278. The molecule has 1 heterocycles. The quantitative estimate of drug-likeness (QED) is 0.831. The van der Waals surface area contributed by atoms with Crippen LogP contribution in [-0.2, 0) is 21.2 Å². The fourth-order valence-corrected chi connectivity index (χ4v) is 4.02. The van der Waals surface area contributed by atoms with E-state index in [0.717, 1.165) is 18.8 Å². The lowest BCUT2D eigenvalue weighted by Crippen LogP contribution is -2.21. The standard InChI is InChI=1S/C18H21N3O3S/c1-3-21(4-2)15-7-5-14(6-8-15)20-25(23,24)16-9-10-17-13(11-16)12-18(22)19-17/h5-11,20H,3-4,12H2,1-2H3,(H,19,22). The van der Waals surface area contributed by atoms with Gasteiger partial charge < -0.3 is 10.2 Å². The zero-order chi connectivity index (χ0) is 18.0. The Hall–Kier alpha value is -2.54. The van der Waals surface area contributed by atoms with Crippen LogP contribution in [0, 0.1) is 0 Å². The molecule has 0 bridgehead atoms. The largest absolute Gasteiger partial charge is 0.372 e. The number of sulfonamides is 1. The number of anilines is 3. The van der Waals surface area contributed by atoms with Crippen molar-refractivity contribution in [3.05, 3.63) is 48.0 Å². The van der Waals surface area contributed by atoms with E-state index >= 15 is 0 Å². The summed E-state index contributed by atoms with van der Waals surface area (Å²) in [5, 5.41) is 2.69. The lowest BCUT2D eigenvalue weighted by Gasteiger charge is -2.21. The van der Waals surface area contributed by atoms with Crippen molar-refractivity contribution in [2.45, 2.75) is 25.2 Å². The van der Waals surface area contributed by atoms with Crippen molar-refractivity contribution in [3.63, 3.8) is 0 Å². The van der Waals surface area contributed by atoms with Gasteiger partial charge in [0.25, 0.3) is 10.0 Å². The summed E-state index contributed by atoms with van der Waals surface area (Å²) in [6, 6.07) is 12.0. The molecule has 0 saturated carbocycles. The highest BCUT2D eigenvalue weighted by molar-refractivity contribution is 7.92. The molecule has 0 radical (unpaired) electrons. The third-order valence-electron chi connectivity index (χ3n) is 4.26. The molecular weight excluding hydrogens is 338 g/mol. The van der Waals surface area contributed by atoms with E-state index in [9.17, 15) is 13.2 Å². The van der Waals surface area contributed by atoms with E-state index in [0.29, 0.717) is 16.9 Å². The number of carbonyl (C=O) groups is 1. The van der Waals surface area contributed by atoms with Crippen LogP contribution in [0.25, 0.3) is 0 Å². The van der Waals surface area contributed by atoms with Gasteiger partial charge in [-0.2, -0.15) is 0 Å². The van der Waals surface area contributed by atoms with Crippen LogP contribution < -0.4 is 14.9 Å². The molecule has 1 aliphatic heterocycles. The number of hydrogen-bond donors (Lipinski definition) is 2. The molecule has 0 saturated heterocycles. The Kier molecular flexibility index (Phi) is 4.67. The number of fused-ring (bicyclic) bond motifs is 1. The van der Waals surface area contributed by atoms with E-state index in [-0.39, 0.29) is 17.2 Å². The van der Waals surface area contributed by atoms with Crippen molar-refractivity contribution in [3.8, 4) is 0 Å². The summed E-state index contributed by atoms with van der Waals surface area (Å²) in [6.45, 7) is 5.94. The van der Waals surface area contributed by atoms with Gasteiger partial charge in [0.2, 0.25) is 5.91 Å². The molecular formula is C18H21N3O3S. The van der Waals surface area contributed by atoms with E-state index in [1.807, 2.05) is 12.1 Å². The molecule has 2 aromatic carbocycles. The minimum absolute atomic E-state index is 0.121. The fourth-order valence-electron chi connectivity index (χ4n) is 2.92. The molecule has 0 spiro atoms. The summed E-state index contributed by atoms with van der Waals surface area (Å²) in [5.74, 6) is -0.121. The molecule has 1 aliphatic rings. The van der Waals surface area contributed by atoms with Gasteiger partial charge in [0.15, 0.2) is 0 Å². The maximum absolute atomic E-state index is 12.6. The summed E-state index contributed by atoms with van der Waals surface area (Å²) < 4.78 is 27.8. The predicted molar refractivity (Wildman–Crippen MR) is 99.6 cm³/mol. The van der Waals surface area contributed by atoms with Crippen LogP contribution in [0.4, 0.5) is 17.1 Å². The van der Waals surface area contributed by atoms with Crippen molar-refractivity contribution >= 4 is 33.0 Å². The summed E-state index contributed by atoms with van der Waals surface area (Å²) in [5.41, 5.74) is 2.93. The van der Waals surface area contributed by atoms with Crippen LogP contribution in [-0.4, -0.2) is 27.4 Å². The molecule has 1 amide bonds. The smallest absolute Gasteiger partial charge is 0.261 e. The number of hydrogen-bond acceptors (Lipinski definition) is 4. The lowest BCUT2D eigenvalue weighted by molar-refractivity contribution is -0.115. The third kappa shape index (κ3) is 3.61. The second-order valence-corrected chi connectivity index (χ2v) is 7.55. The van der Waals surface area contributed by atoms with Crippen molar-refractivity contribution in [2.24, 2.45) is 0 Å². The van der Waals surface area contributed by atoms with Crippen molar-refractivity contribution in [2.75, 3.05) is 28.0 Å². The first-order valence-corrected chi connectivity index (χ1v) is 9.72. The number of rotatable bonds is 6. The van der Waals surface area contributed by atoms with Gasteiger partial charge in [-0.3, -0.25) is 9.52 Å². The average molecular weight is 359 g/mol. The van der Waals surface area contributed by atoms with E-state index in [1.54, 1.807) is 24.3 Å². The Balaban J connectivity index is 1.80. The number of nitrogens with zero attached hydrogens (tertiary/aromatic N) is 1. The van der Waals surface area contributed by atoms with Crippen molar-refractivity contribution in [1.82, 2.24) is 0 Å². The Morgan fingerprint density at radius 2 is 1.76 bits per heavy atom. The van der Waals surface area contributed by atoms with Crippen LogP contribution in [0.3, 0.4) is 0 Å². The molecule has 0 unspecified atom stereocenters. The number of nitrogens with one attached hydrogen (secondary N) is 2. The molecule has 7 heteroatoms. The Morgan fingerprint density at radius 1 is 1.08 bits per heavy atom. The summed E-state index contributed by atoms with van der Waals surface area (Å²) in [4.78, 5) is 13.7. The van der Waals surface area contributed by atoms with Gasteiger partial charge in [0.05, 0.1) is 11.3 Å². The van der Waals surface area contributed by atoms with Gasteiger partial charge in [0.1, 0.15) is 0 Å². The Morgan fingerprint density at radius 3 is 2.40 bits per heavy atom. The van der Waals surface area contributed by atoms with Gasteiger partial charge in [-0.25, -0.2) is 8.42 Å². The zero-order valence-corrected chi connectivity index (χ0v) is 15.1. The highest BCUT2D eigenvalue weighted by atomic mass is 32.2. The topological polar surface area (TPSA) is 78.5 Å². The molecule has 0 aromatic heterocycles. The van der Waals surface area contributed by atoms with E-state index in [4.69, 9.17) is 0 Å². The Labute approximate surface area is 147 Å². The average Bonchev–Trinajstić information content (AvgIpc) is 2.96. The Bertz CT molecular complexity index is 888. The SMILES string of the molecule is CCN(CC)c1ccc(NS(=O)(=O)c2ccc3c(c2)CC(=O)N3)cc1. The van der Waals surface area contributed by atoms with Gasteiger partial charge in [0, 0.05) is 30.2 Å².